The highest BCUT2D eigenvalue weighted by Crippen LogP contribution is 2.13. The molecule has 4 nitrogen and oxygen atoms in total. The van der Waals surface area contributed by atoms with Crippen LogP contribution in [0.2, 0.25) is 0 Å². The van der Waals surface area contributed by atoms with Crippen LogP contribution in [0, 0.1) is 0 Å². The van der Waals surface area contributed by atoms with Crippen molar-refractivity contribution < 1.29 is 0 Å². The van der Waals surface area contributed by atoms with Crippen LogP contribution in [-0.2, 0) is 6.54 Å². The maximum Gasteiger partial charge on any atom is 0.0874 e. The molecule has 0 aliphatic carbocycles. The lowest BCUT2D eigenvalue weighted by molar-refractivity contribution is 0.124. The molecule has 0 aromatic heterocycles. The van der Waals surface area contributed by atoms with E-state index < -0.39 is 0 Å². The van der Waals surface area contributed by atoms with Crippen molar-refractivity contribution in [1.29, 1.82) is 0 Å². The molecule has 0 spiro atoms. The van der Waals surface area contributed by atoms with Gasteiger partial charge in [0.1, 0.15) is 0 Å². The molecule has 0 bridgehead atoms. The smallest absolute Gasteiger partial charge is 0.0874 e. The molecule has 0 unspecified atom stereocenters. The van der Waals surface area contributed by atoms with E-state index in [2.05, 4.69) is 50.6 Å². The van der Waals surface area contributed by atoms with E-state index in [1.807, 2.05) is 30.3 Å². The second-order valence-electron chi connectivity index (χ2n) is 5.24. The molecule has 2 aromatic carbocycles. The minimum absolute atomic E-state index is 0.907. The molecule has 108 valence electrons. The zero-order chi connectivity index (χ0) is 14.3. The summed E-state index contributed by atoms with van der Waals surface area (Å²) < 4.78 is 0. The van der Waals surface area contributed by atoms with Gasteiger partial charge in [-0.3, -0.25) is 9.91 Å². The van der Waals surface area contributed by atoms with Crippen molar-refractivity contribution in [2.75, 3.05) is 26.2 Å². The Labute approximate surface area is 125 Å². The van der Waals surface area contributed by atoms with Gasteiger partial charge in [0.25, 0.3) is 0 Å². The van der Waals surface area contributed by atoms with Crippen LogP contribution in [0.25, 0.3) is 0 Å². The number of rotatable bonds is 4. The predicted octanol–water partition coefficient (Wildman–Crippen LogP) is 3.50. The molecule has 4 heteroatoms. The van der Waals surface area contributed by atoms with Crippen molar-refractivity contribution in [2.45, 2.75) is 6.54 Å². The second-order valence-corrected chi connectivity index (χ2v) is 5.24. The normalized spacial score (nSPS) is 16.5. The second kappa shape index (κ2) is 6.99. The van der Waals surface area contributed by atoms with Gasteiger partial charge in [-0.15, -0.1) is 5.11 Å². The third-order valence-electron chi connectivity index (χ3n) is 3.64. The minimum Gasteiger partial charge on any atom is -0.295 e. The maximum absolute atomic E-state index is 4.33. The van der Waals surface area contributed by atoms with Crippen molar-refractivity contribution in [1.82, 2.24) is 9.91 Å². The van der Waals surface area contributed by atoms with Crippen molar-refractivity contribution in [3.63, 3.8) is 0 Å². The quantitative estimate of drug-likeness (QED) is 0.803. The molecule has 1 aliphatic rings. The first-order chi connectivity index (χ1) is 10.4. The van der Waals surface area contributed by atoms with Gasteiger partial charge < -0.3 is 0 Å². The van der Waals surface area contributed by atoms with Gasteiger partial charge in [-0.05, 0) is 17.7 Å². The molecule has 0 saturated carbocycles. The molecule has 0 atom stereocenters. The Morgan fingerprint density at radius 3 is 2.05 bits per heavy atom. The molecule has 3 rings (SSSR count). The Bertz CT molecular complexity index is 560. The van der Waals surface area contributed by atoms with Crippen molar-refractivity contribution in [3.8, 4) is 0 Å². The van der Waals surface area contributed by atoms with E-state index >= 15 is 0 Å². The van der Waals surface area contributed by atoms with Crippen LogP contribution in [0.4, 0.5) is 5.69 Å². The number of piperazine rings is 1. The molecule has 2 aromatic rings. The zero-order valence-corrected chi connectivity index (χ0v) is 12.1. The predicted molar refractivity (Wildman–Crippen MR) is 84.3 cm³/mol. The lowest BCUT2D eigenvalue weighted by Gasteiger charge is -2.32. The Balaban J connectivity index is 1.48. The van der Waals surface area contributed by atoms with Gasteiger partial charge in [-0.2, -0.15) is 0 Å². The van der Waals surface area contributed by atoms with Crippen LogP contribution in [0.1, 0.15) is 5.56 Å². The molecule has 1 saturated heterocycles. The Morgan fingerprint density at radius 1 is 0.762 bits per heavy atom. The van der Waals surface area contributed by atoms with Gasteiger partial charge in [0.05, 0.1) is 18.8 Å². The molecule has 1 fully saturated rings. The Kier molecular flexibility index (Phi) is 4.59. The van der Waals surface area contributed by atoms with Crippen LogP contribution in [0.15, 0.2) is 71.0 Å². The van der Waals surface area contributed by atoms with Crippen LogP contribution >= 0.6 is 0 Å². The number of nitrogens with zero attached hydrogens (tertiary/aromatic N) is 4. The molecule has 1 heterocycles. The lowest BCUT2D eigenvalue weighted by Crippen LogP contribution is -2.43. The first kappa shape index (κ1) is 13.8. The Morgan fingerprint density at radius 2 is 1.38 bits per heavy atom. The fraction of sp³-hybridized carbons (Fsp3) is 0.294. The van der Waals surface area contributed by atoms with Crippen molar-refractivity contribution >= 4 is 5.69 Å². The topological polar surface area (TPSA) is 31.2 Å². The summed E-state index contributed by atoms with van der Waals surface area (Å²) in [4.78, 5) is 2.46. The molecule has 21 heavy (non-hydrogen) atoms. The van der Waals surface area contributed by atoms with E-state index in [0.29, 0.717) is 0 Å². The van der Waals surface area contributed by atoms with Crippen molar-refractivity contribution in [2.24, 2.45) is 10.3 Å². The summed E-state index contributed by atoms with van der Waals surface area (Å²) in [5.41, 5.74) is 2.28. The highest BCUT2D eigenvalue weighted by molar-refractivity contribution is 5.34. The van der Waals surface area contributed by atoms with Crippen LogP contribution in [0.3, 0.4) is 0 Å². The third kappa shape index (κ3) is 4.13. The summed E-state index contributed by atoms with van der Waals surface area (Å²) in [5.74, 6) is 0. The maximum atomic E-state index is 4.33. The molecule has 0 N–H and O–H groups in total. The van der Waals surface area contributed by atoms with E-state index in [1.54, 1.807) is 0 Å². The summed E-state index contributed by atoms with van der Waals surface area (Å²) in [5, 5.41) is 10.6. The van der Waals surface area contributed by atoms with Gasteiger partial charge in [0.15, 0.2) is 0 Å². The van der Waals surface area contributed by atoms with Gasteiger partial charge in [-0.1, -0.05) is 53.8 Å². The first-order valence-electron chi connectivity index (χ1n) is 7.38. The SMILES string of the molecule is c1ccc(CN2CCN(/N=N/c3ccccc3)CC2)cc1. The molecular formula is C17H20N4. The van der Waals surface area contributed by atoms with Crippen LogP contribution in [0.5, 0.6) is 0 Å². The average Bonchev–Trinajstić information content (AvgIpc) is 2.56. The van der Waals surface area contributed by atoms with E-state index in [-0.39, 0.29) is 0 Å². The minimum atomic E-state index is 0.907. The van der Waals surface area contributed by atoms with E-state index in [0.717, 1.165) is 38.4 Å². The number of hydrogen-bond donors (Lipinski definition) is 0. The number of hydrogen-bond acceptors (Lipinski definition) is 3. The van der Waals surface area contributed by atoms with Gasteiger partial charge in [-0.25, -0.2) is 0 Å². The molecule has 0 amide bonds. The summed E-state index contributed by atoms with van der Waals surface area (Å²) in [7, 11) is 0. The van der Waals surface area contributed by atoms with E-state index in [9.17, 15) is 0 Å². The summed E-state index contributed by atoms with van der Waals surface area (Å²) in [6.07, 6.45) is 0. The monoisotopic (exact) mass is 280 g/mol. The van der Waals surface area contributed by atoms with Gasteiger partial charge in [0.2, 0.25) is 0 Å². The summed E-state index contributed by atoms with van der Waals surface area (Å²) >= 11 is 0. The highest BCUT2D eigenvalue weighted by atomic mass is 15.6. The summed E-state index contributed by atoms with van der Waals surface area (Å²) in [6, 6.07) is 20.5. The zero-order valence-electron chi connectivity index (χ0n) is 12.1. The van der Waals surface area contributed by atoms with Crippen LogP contribution < -0.4 is 0 Å². The van der Waals surface area contributed by atoms with E-state index in [4.69, 9.17) is 0 Å². The van der Waals surface area contributed by atoms with Crippen molar-refractivity contribution in [3.05, 3.63) is 66.2 Å². The largest absolute Gasteiger partial charge is 0.295 e. The van der Waals surface area contributed by atoms with Crippen LogP contribution in [-0.4, -0.2) is 36.1 Å². The Hall–Kier alpha value is -2.20. The van der Waals surface area contributed by atoms with E-state index in [1.165, 1.54) is 5.56 Å². The summed E-state index contributed by atoms with van der Waals surface area (Å²) in [6.45, 7) is 4.95. The first-order valence-corrected chi connectivity index (χ1v) is 7.38. The average molecular weight is 280 g/mol. The molecular weight excluding hydrogens is 260 g/mol. The number of benzene rings is 2. The van der Waals surface area contributed by atoms with Gasteiger partial charge in [0, 0.05) is 19.6 Å². The highest BCUT2D eigenvalue weighted by Gasteiger charge is 2.15. The lowest BCUT2D eigenvalue weighted by atomic mass is 10.2. The van der Waals surface area contributed by atoms with Gasteiger partial charge >= 0.3 is 0 Å². The molecule has 0 radical (unpaired) electrons. The third-order valence-corrected chi connectivity index (χ3v) is 3.64. The fourth-order valence-corrected chi connectivity index (χ4v) is 2.44. The standard InChI is InChI=1S/C17H20N4/c1-3-7-16(8-4-1)15-20-11-13-21(14-12-20)19-18-17-9-5-2-6-10-17/h1-10H,11-15H2/b19-18+. The molecule has 1 aliphatic heterocycles. The fourth-order valence-electron chi connectivity index (χ4n) is 2.44.